The van der Waals surface area contributed by atoms with Crippen molar-refractivity contribution in [1.29, 1.82) is 0 Å². The van der Waals surface area contributed by atoms with E-state index >= 15 is 0 Å². The Labute approximate surface area is 107 Å². The lowest BCUT2D eigenvalue weighted by atomic mass is 9.91. The van der Waals surface area contributed by atoms with E-state index < -0.39 is 0 Å². The molecule has 1 heterocycles. The van der Waals surface area contributed by atoms with Gasteiger partial charge in [-0.2, -0.15) is 0 Å². The van der Waals surface area contributed by atoms with Gasteiger partial charge in [-0.1, -0.05) is 33.6 Å². The van der Waals surface area contributed by atoms with Crippen LogP contribution in [0.3, 0.4) is 0 Å². The average Bonchev–Trinajstić information content (AvgIpc) is 2.36. The maximum atomic E-state index is 6.02. The molecule has 17 heavy (non-hydrogen) atoms. The minimum absolute atomic E-state index is 0.591. The van der Waals surface area contributed by atoms with Crippen molar-refractivity contribution in [2.24, 2.45) is 11.7 Å². The second-order valence-corrected chi connectivity index (χ2v) is 5.42. The fraction of sp³-hybridized carbons (Fsp3) is 1.00. The Kier molecular flexibility index (Phi) is 6.45. The highest BCUT2D eigenvalue weighted by Crippen LogP contribution is 2.21. The van der Waals surface area contributed by atoms with Crippen LogP contribution >= 0.6 is 0 Å². The van der Waals surface area contributed by atoms with Crippen LogP contribution in [0.4, 0.5) is 0 Å². The largest absolute Gasteiger partial charge is 0.329 e. The molecular formula is C14H31N3. The van der Waals surface area contributed by atoms with E-state index in [1.807, 2.05) is 0 Å². The minimum atomic E-state index is 0.591. The topological polar surface area (TPSA) is 32.5 Å². The van der Waals surface area contributed by atoms with Crippen molar-refractivity contribution < 1.29 is 0 Å². The second-order valence-electron chi connectivity index (χ2n) is 5.42. The summed E-state index contributed by atoms with van der Waals surface area (Å²) in [5, 5.41) is 0. The molecule has 0 aliphatic carbocycles. The van der Waals surface area contributed by atoms with Crippen LogP contribution in [-0.4, -0.2) is 55.1 Å². The normalized spacial score (nSPS) is 25.4. The Hall–Kier alpha value is -0.120. The molecule has 2 N–H and O–H groups in total. The van der Waals surface area contributed by atoms with Gasteiger partial charge in [0.25, 0.3) is 0 Å². The van der Waals surface area contributed by atoms with Crippen LogP contribution in [0.2, 0.25) is 0 Å². The van der Waals surface area contributed by atoms with Gasteiger partial charge < -0.3 is 10.6 Å². The second kappa shape index (κ2) is 7.34. The van der Waals surface area contributed by atoms with Crippen molar-refractivity contribution in [3.05, 3.63) is 0 Å². The summed E-state index contributed by atoms with van der Waals surface area (Å²) in [6.45, 7) is 11.3. The third-order valence-corrected chi connectivity index (χ3v) is 4.58. The van der Waals surface area contributed by atoms with E-state index in [0.717, 1.165) is 12.5 Å². The van der Waals surface area contributed by atoms with Crippen molar-refractivity contribution in [1.82, 2.24) is 9.80 Å². The molecule has 1 fully saturated rings. The fourth-order valence-corrected chi connectivity index (χ4v) is 3.18. The molecule has 0 radical (unpaired) electrons. The first-order chi connectivity index (χ1) is 8.17. The first-order valence-corrected chi connectivity index (χ1v) is 7.32. The summed E-state index contributed by atoms with van der Waals surface area (Å²) in [7, 11) is 2.25. The van der Waals surface area contributed by atoms with E-state index in [0.29, 0.717) is 12.1 Å². The molecule has 0 saturated carbocycles. The smallest absolute Gasteiger partial charge is 0.0247 e. The molecule has 0 aromatic carbocycles. The van der Waals surface area contributed by atoms with Gasteiger partial charge >= 0.3 is 0 Å². The number of piperazine rings is 1. The predicted octanol–water partition coefficient (Wildman–Crippen LogP) is 1.78. The zero-order chi connectivity index (χ0) is 12.8. The molecule has 2 unspecified atom stereocenters. The number of nitrogens with two attached hydrogens (primary N) is 1. The molecule has 0 aromatic heterocycles. The zero-order valence-corrected chi connectivity index (χ0v) is 12.2. The first kappa shape index (κ1) is 14.9. The molecule has 1 saturated heterocycles. The molecule has 3 heteroatoms. The summed E-state index contributed by atoms with van der Waals surface area (Å²) < 4.78 is 0. The summed E-state index contributed by atoms with van der Waals surface area (Å²) in [6.07, 6.45) is 3.75. The summed E-state index contributed by atoms with van der Waals surface area (Å²) in [6, 6.07) is 1.31. The van der Waals surface area contributed by atoms with Crippen molar-refractivity contribution in [3.63, 3.8) is 0 Å². The number of likely N-dealkylation sites (N-methyl/N-ethyl adjacent to an activating group) is 1. The molecule has 0 aromatic rings. The van der Waals surface area contributed by atoms with Crippen LogP contribution < -0.4 is 5.73 Å². The van der Waals surface area contributed by atoms with E-state index in [4.69, 9.17) is 5.73 Å². The Morgan fingerprint density at radius 1 is 1.18 bits per heavy atom. The van der Waals surface area contributed by atoms with Crippen molar-refractivity contribution in [2.45, 2.75) is 52.1 Å². The molecule has 1 aliphatic rings. The van der Waals surface area contributed by atoms with Gasteiger partial charge in [-0.3, -0.25) is 4.90 Å². The van der Waals surface area contributed by atoms with Gasteiger partial charge in [0.05, 0.1) is 0 Å². The monoisotopic (exact) mass is 241 g/mol. The van der Waals surface area contributed by atoms with Crippen LogP contribution in [0, 0.1) is 5.92 Å². The predicted molar refractivity (Wildman–Crippen MR) is 75.2 cm³/mol. The first-order valence-electron chi connectivity index (χ1n) is 7.32. The molecular weight excluding hydrogens is 210 g/mol. The van der Waals surface area contributed by atoms with Gasteiger partial charge in [-0.15, -0.1) is 0 Å². The van der Waals surface area contributed by atoms with Crippen LogP contribution in [0.5, 0.6) is 0 Å². The molecule has 3 nitrogen and oxygen atoms in total. The molecule has 0 amide bonds. The third-order valence-electron chi connectivity index (χ3n) is 4.58. The van der Waals surface area contributed by atoms with E-state index in [9.17, 15) is 0 Å². The molecule has 102 valence electrons. The van der Waals surface area contributed by atoms with Crippen molar-refractivity contribution in [2.75, 3.05) is 33.2 Å². The Bertz CT molecular complexity index is 204. The quantitative estimate of drug-likeness (QED) is 0.769. The standard InChI is InChI=1S/C14H31N3/c1-5-12(6-2)14(10-15)17-9-8-16(4)13(7-3)11-17/h12-14H,5-11,15H2,1-4H3. The summed E-state index contributed by atoms with van der Waals surface area (Å²) in [4.78, 5) is 5.14. The molecule has 0 spiro atoms. The van der Waals surface area contributed by atoms with Crippen LogP contribution in [-0.2, 0) is 0 Å². The van der Waals surface area contributed by atoms with Crippen molar-refractivity contribution >= 4 is 0 Å². The van der Waals surface area contributed by atoms with Gasteiger partial charge in [-0.05, 0) is 19.4 Å². The highest BCUT2D eigenvalue weighted by atomic mass is 15.3. The number of rotatable bonds is 6. The van der Waals surface area contributed by atoms with Gasteiger partial charge in [0.1, 0.15) is 0 Å². The van der Waals surface area contributed by atoms with Gasteiger partial charge in [0.2, 0.25) is 0 Å². The van der Waals surface area contributed by atoms with Crippen LogP contribution in [0.1, 0.15) is 40.0 Å². The summed E-state index contributed by atoms with van der Waals surface area (Å²) in [5.41, 5.74) is 6.02. The Balaban J connectivity index is 2.63. The number of nitrogens with zero attached hydrogens (tertiary/aromatic N) is 2. The SMILES string of the molecule is CCC(CC)C(CN)N1CCN(C)C(CC)C1. The third kappa shape index (κ3) is 3.67. The maximum absolute atomic E-state index is 6.02. The highest BCUT2D eigenvalue weighted by molar-refractivity contribution is 4.86. The van der Waals surface area contributed by atoms with Crippen LogP contribution in [0.25, 0.3) is 0 Å². The lowest BCUT2D eigenvalue weighted by Gasteiger charge is -2.44. The van der Waals surface area contributed by atoms with Gasteiger partial charge in [-0.25, -0.2) is 0 Å². The maximum Gasteiger partial charge on any atom is 0.0247 e. The Morgan fingerprint density at radius 2 is 1.82 bits per heavy atom. The number of hydrogen-bond donors (Lipinski definition) is 1. The minimum Gasteiger partial charge on any atom is -0.329 e. The lowest BCUT2D eigenvalue weighted by molar-refractivity contribution is 0.0422. The highest BCUT2D eigenvalue weighted by Gasteiger charge is 2.30. The van der Waals surface area contributed by atoms with E-state index in [1.165, 1.54) is 38.9 Å². The van der Waals surface area contributed by atoms with Gasteiger partial charge in [0, 0.05) is 38.3 Å². The lowest BCUT2D eigenvalue weighted by Crippen LogP contribution is -2.57. The van der Waals surface area contributed by atoms with E-state index in [2.05, 4.69) is 37.6 Å². The molecule has 2 atom stereocenters. The van der Waals surface area contributed by atoms with E-state index in [1.54, 1.807) is 0 Å². The summed E-state index contributed by atoms with van der Waals surface area (Å²) in [5.74, 6) is 0.765. The molecule has 0 bridgehead atoms. The fourth-order valence-electron chi connectivity index (χ4n) is 3.18. The molecule has 1 aliphatic heterocycles. The molecule has 1 rings (SSSR count). The van der Waals surface area contributed by atoms with Crippen LogP contribution in [0.15, 0.2) is 0 Å². The average molecular weight is 241 g/mol. The Morgan fingerprint density at radius 3 is 2.29 bits per heavy atom. The number of hydrogen-bond acceptors (Lipinski definition) is 3. The van der Waals surface area contributed by atoms with E-state index in [-0.39, 0.29) is 0 Å². The summed E-state index contributed by atoms with van der Waals surface area (Å²) >= 11 is 0. The van der Waals surface area contributed by atoms with Crippen molar-refractivity contribution in [3.8, 4) is 0 Å². The zero-order valence-electron chi connectivity index (χ0n) is 12.2. The van der Waals surface area contributed by atoms with Gasteiger partial charge in [0.15, 0.2) is 0 Å².